The van der Waals surface area contributed by atoms with Crippen LogP contribution in [0.2, 0.25) is 5.02 Å². The Labute approximate surface area is 244 Å². The van der Waals surface area contributed by atoms with Gasteiger partial charge < -0.3 is 19.5 Å². The summed E-state index contributed by atoms with van der Waals surface area (Å²) in [5.41, 5.74) is 2.77. The number of aromatic nitrogens is 2. The Balaban J connectivity index is 1.64. The first-order valence-electron chi connectivity index (χ1n) is 12.6. The first-order valence-corrected chi connectivity index (χ1v) is 14.5. The average Bonchev–Trinajstić information content (AvgIpc) is 3.45. The zero-order chi connectivity index (χ0) is 29.4. The summed E-state index contributed by atoms with van der Waals surface area (Å²) in [5.74, 6) is 0.715. The van der Waals surface area contributed by atoms with Gasteiger partial charge in [0.05, 0.1) is 39.1 Å². The Morgan fingerprint density at radius 3 is 2.54 bits per heavy atom. The molecular weight excluding hydrogens is 568 g/mol. The molecule has 1 amide bonds. The van der Waals surface area contributed by atoms with Gasteiger partial charge in [-0.3, -0.25) is 4.79 Å². The minimum atomic E-state index is -4.10. The van der Waals surface area contributed by atoms with E-state index in [9.17, 15) is 13.2 Å². The van der Waals surface area contributed by atoms with E-state index in [1.165, 1.54) is 25.0 Å². The quantitative estimate of drug-likeness (QED) is 0.234. The molecule has 0 aliphatic rings. The standard InChI is InChI=1S/C29H31ClN4O6S/c1-38-13-12-20-17-31-34(19-20)26-11-9-23(33-29(35)14-21-6-4-5-7-25(21)30)15-28(26)41(36,37)32-18-22-8-10-24(39-2)16-27(22)40-3/h4-11,15-17,19,32H,12-14,18H2,1-3H3,(H,33,35). The molecule has 0 saturated carbocycles. The molecule has 4 rings (SSSR count). The number of carbonyl (C=O) groups is 1. The van der Waals surface area contributed by atoms with Crippen LogP contribution >= 0.6 is 11.6 Å². The molecule has 10 nitrogen and oxygen atoms in total. The van der Waals surface area contributed by atoms with Crippen molar-refractivity contribution in [2.45, 2.75) is 24.3 Å². The number of halogens is 1. The summed E-state index contributed by atoms with van der Waals surface area (Å²) >= 11 is 6.20. The summed E-state index contributed by atoms with van der Waals surface area (Å²) in [6.45, 7) is 0.453. The van der Waals surface area contributed by atoms with Crippen LogP contribution in [0.5, 0.6) is 11.5 Å². The van der Waals surface area contributed by atoms with E-state index < -0.39 is 10.0 Å². The summed E-state index contributed by atoms with van der Waals surface area (Å²) in [7, 11) is 0.539. The molecule has 4 aromatic rings. The van der Waals surface area contributed by atoms with Gasteiger partial charge in [0.2, 0.25) is 15.9 Å². The largest absolute Gasteiger partial charge is 0.497 e. The highest BCUT2D eigenvalue weighted by molar-refractivity contribution is 7.89. The van der Waals surface area contributed by atoms with E-state index in [0.717, 1.165) is 5.56 Å². The number of nitrogens with one attached hydrogen (secondary N) is 2. The molecule has 0 spiro atoms. The van der Waals surface area contributed by atoms with Crippen LogP contribution < -0.4 is 19.5 Å². The van der Waals surface area contributed by atoms with Crippen molar-refractivity contribution in [3.8, 4) is 17.2 Å². The third-order valence-electron chi connectivity index (χ3n) is 6.27. The fraction of sp³-hybridized carbons (Fsp3) is 0.241. The van der Waals surface area contributed by atoms with Crippen molar-refractivity contribution >= 4 is 33.2 Å². The number of anilines is 1. The SMILES string of the molecule is COCCc1cnn(-c2ccc(NC(=O)Cc3ccccc3Cl)cc2S(=O)(=O)NCc2ccc(OC)cc2OC)c1. The van der Waals surface area contributed by atoms with Crippen LogP contribution in [0.3, 0.4) is 0 Å². The molecule has 216 valence electrons. The first kappa shape index (κ1) is 30.1. The van der Waals surface area contributed by atoms with Gasteiger partial charge in [-0.2, -0.15) is 5.10 Å². The summed E-state index contributed by atoms with van der Waals surface area (Å²) in [6, 6.07) is 16.8. The topological polar surface area (TPSA) is 121 Å². The normalized spacial score (nSPS) is 11.3. The van der Waals surface area contributed by atoms with Gasteiger partial charge in [0.15, 0.2) is 0 Å². The number of ether oxygens (including phenoxy) is 3. The van der Waals surface area contributed by atoms with Crippen molar-refractivity contribution in [3.63, 3.8) is 0 Å². The first-order chi connectivity index (χ1) is 19.7. The molecule has 1 aromatic heterocycles. The molecule has 0 atom stereocenters. The maximum Gasteiger partial charge on any atom is 0.243 e. The second-order valence-corrected chi connectivity index (χ2v) is 11.2. The number of sulfonamides is 1. The summed E-state index contributed by atoms with van der Waals surface area (Å²) in [4.78, 5) is 12.7. The van der Waals surface area contributed by atoms with Crippen molar-refractivity contribution in [3.05, 3.63) is 94.8 Å². The summed E-state index contributed by atoms with van der Waals surface area (Å²) < 4.78 is 47.3. The predicted molar refractivity (Wildman–Crippen MR) is 157 cm³/mol. The Morgan fingerprint density at radius 2 is 1.80 bits per heavy atom. The van der Waals surface area contributed by atoms with Gasteiger partial charge in [-0.25, -0.2) is 17.8 Å². The zero-order valence-electron chi connectivity index (χ0n) is 22.9. The minimum absolute atomic E-state index is 0.0288. The summed E-state index contributed by atoms with van der Waals surface area (Å²) in [6.07, 6.45) is 4.05. The van der Waals surface area contributed by atoms with Crippen LogP contribution in [0.15, 0.2) is 78.0 Å². The molecule has 2 N–H and O–H groups in total. The molecular formula is C29H31ClN4O6S. The van der Waals surface area contributed by atoms with E-state index in [4.69, 9.17) is 25.8 Å². The van der Waals surface area contributed by atoms with Gasteiger partial charge in [0, 0.05) is 42.2 Å². The Kier molecular flexibility index (Phi) is 10.0. The molecule has 0 saturated heterocycles. The molecule has 41 heavy (non-hydrogen) atoms. The number of amides is 1. The smallest absolute Gasteiger partial charge is 0.243 e. The number of rotatable bonds is 13. The lowest BCUT2D eigenvalue weighted by atomic mass is 10.1. The third kappa shape index (κ3) is 7.65. The number of nitrogens with zero attached hydrogens (tertiary/aromatic N) is 2. The fourth-order valence-electron chi connectivity index (χ4n) is 4.11. The fourth-order valence-corrected chi connectivity index (χ4v) is 5.53. The highest BCUT2D eigenvalue weighted by Gasteiger charge is 2.22. The van der Waals surface area contributed by atoms with Gasteiger partial charge in [-0.15, -0.1) is 0 Å². The Morgan fingerprint density at radius 1 is 1.00 bits per heavy atom. The van der Waals surface area contributed by atoms with Crippen LogP contribution in [-0.4, -0.2) is 52.0 Å². The van der Waals surface area contributed by atoms with Gasteiger partial charge in [0.1, 0.15) is 16.4 Å². The maximum absolute atomic E-state index is 13.7. The lowest BCUT2D eigenvalue weighted by Gasteiger charge is -2.15. The summed E-state index contributed by atoms with van der Waals surface area (Å²) in [5, 5.41) is 7.62. The second-order valence-electron chi connectivity index (χ2n) is 9.04. The Bertz CT molecular complexity index is 1620. The molecule has 0 fully saturated rings. The molecule has 3 aromatic carbocycles. The van der Waals surface area contributed by atoms with Crippen LogP contribution in [0.25, 0.3) is 5.69 Å². The van der Waals surface area contributed by atoms with E-state index in [0.29, 0.717) is 52.1 Å². The molecule has 12 heteroatoms. The lowest BCUT2D eigenvalue weighted by Crippen LogP contribution is -2.25. The van der Waals surface area contributed by atoms with Crippen LogP contribution in [-0.2, 0) is 38.9 Å². The zero-order valence-corrected chi connectivity index (χ0v) is 24.5. The van der Waals surface area contributed by atoms with Crippen molar-refractivity contribution in [1.82, 2.24) is 14.5 Å². The van der Waals surface area contributed by atoms with E-state index in [1.54, 1.807) is 74.1 Å². The molecule has 1 heterocycles. The number of hydrogen-bond donors (Lipinski definition) is 2. The van der Waals surface area contributed by atoms with Crippen molar-refractivity contribution in [2.24, 2.45) is 0 Å². The second kappa shape index (κ2) is 13.6. The van der Waals surface area contributed by atoms with Gasteiger partial charge in [-0.1, -0.05) is 35.9 Å². The minimum Gasteiger partial charge on any atom is -0.497 e. The highest BCUT2D eigenvalue weighted by Crippen LogP contribution is 2.28. The monoisotopic (exact) mass is 598 g/mol. The van der Waals surface area contributed by atoms with Crippen LogP contribution in [0.4, 0.5) is 5.69 Å². The van der Waals surface area contributed by atoms with Crippen molar-refractivity contribution in [1.29, 1.82) is 0 Å². The maximum atomic E-state index is 13.7. The van der Waals surface area contributed by atoms with Gasteiger partial charge in [0.25, 0.3) is 0 Å². The molecule has 0 radical (unpaired) electrons. The van der Waals surface area contributed by atoms with Crippen LogP contribution in [0, 0.1) is 0 Å². The number of carbonyl (C=O) groups excluding carboxylic acids is 1. The third-order valence-corrected chi connectivity index (χ3v) is 8.07. The number of methoxy groups -OCH3 is 3. The highest BCUT2D eigenvalue weighted by atomic mass is 35.5. The van der Waals surface area contributed by atoms with E-state index in [2.05, 4.69) is 15.1 Å². The lowest BCUT2D eigenvalue weighted by molar-refractivity contribution is -0.115. The molecule has 0 bridgehead atoms. The Hall–Kier alpha value is -3.90. The number of hydrogen-bond acceptors (Lipinski definition) is 7. The van der Waals surface area contributed by atoms with E-state index >= 15 is 0 Å². The van der Waals surface area contributed by atoms with Gasteiger partial charge >= 0.3 is 0 Å². The predicted octanol–water partition coefficient (Wildman–Crippen LogP) is 4.39. The van der Waals surface area contributed by atoms with E-state index in [1.807, 2.05) is 0 Å². The molecule has 0 aliphatic carbocycles. The average molecular weight is 599 g/mol. The molecule has 0 aliphatic heterocycles. The van der Waals surface area contributed by atoms with Crippen LogP contribution in [0.1, 0.15) is 16.7 Å². The van der Waals surface area contributed by atoms with Crippen molar-refractivity contribution in [2.75, 3.05) is 33.3 Å². The van der Waals surface area contributed by atoms with Crippen molar-refractivity contribution < 1.29 is 27.4 Å². The molecule has 0 unspecified atom stereocenters. The van der Waals surface area contributed by atoms with E-state index in [-0.39, 0.29) is 23.8 Å². The van der Waals surface area contributed by atoms with Gasteiger partial charge in [-0.05, 0) is 47.9 Å². The number of benzene rings is 3.